The van der Waals surface area contributed by atoms with Crippen molar-refractivity contribution in [2.45, 2.75) is 25.8 Å². The van der Waals surface area contributed by atoms with Gasteiger partial charge >= 0.3 is 0 Å². The largest absolute Gasteiger partial charge is 0.366 e. The first-order valence-electron chi connectivity index (χ1n) is 5.38. The molecule has 0 atom stereocenters. The average Bonchev–Trinajstić information content (AvgIpc) is 2.64. The summed E-state index contributed by atoms with van der Waals surface area (Å²) in [5, 5.41) is 7.65. The first kappa shape index (κ1) is 8.71. The van der Waals surface area contributed by atoms with Gasteiger partial charge in [0.05, 0.1) is 6.20 Å². The van der Waals surface area contributed by atoms with Gasteiger partial charge in [-0.3, -0.25) is 0 Å². The molecule has 0 unspecified atom stereocenters. The molecule has 78 valence electrons. The van der Waals surface area contributed by atoms with E-state index in [1.54, 1.807) is 12.4 Å². The molecule has 15 heavy (non-hydrogen) atoms. The third-order valence-corrected chi connectivity index (χ3v) is 3.04. The highest BCUT2D eigenvalue weighted by atomic mass is 15.2. The van der Waals surface area contributed by atoms with E-state index in [4.69, 9.17) is 0 Å². The number of fused-ring (bicyclic) bond motifs is 1. The summed E-state index contributed by atoms with van der Waals surface area (Å²) in [5.41, 5.74) is 1.05. The first-order chi connectivity index (χ1) is 7.33. The summed E-state index contributed by atoms with van der Waals surface area (Å²) in [6.07, 6.45) is 7.94. The standard InChI is InChI=1S/C11H14N4/c1-8-6-9(7-8)14-11-10-2-3-13-15(10)5-4-12-11/h2-5,8-9H,6-7H2,1H3,(H,12,14). The Bertz CT molecular complexity index is 470. The molecule has 1 fully saturated rings. The topological polar surface area (TPSA) is 42.2 Å². The first-order valence-corrected chi connectivity index (χ1v) is 5.38. The van der Waals surface area contributed by atoms with Crippen molar-refractivity contribution in [3.8, 4) is 0 Å². The molecular weight excluding hydrogens is 188 g/mol. The van der Waals surface area contributed by atoms with Gasteiger partial charge in [-0.05, 0) is 24.8 Å². The van der Waals surface area contributed by atoms with E-state index < -0.39 is 0 Å². The van der Waals surface area contributed by atoms with Gasteiger partial charge in [0.25, 0.3) is 0 Å². The summed E-state index contributed by atoms with van der Waals surface area (Å²) in [6, 6.07) is 2.57. The molecule has 4 nitrogen and oxygen atoms in total. The molecule has 0 bridgehead atoms. The zero-order chi connectivity index (χ0) is 10.3. The van der Waals surface area contributed by atoms with E-state index in [1.165, 1.54) is 12.8 Å². The maximum atomic E-state index is 4.35. The number of nitrogens with one attached hydrogen (secondary N) is 1. The third kappa shape index (κ3) is 1.46. The van der Waals surface area contributed by atoms with Gasteiger partial charge in [-0.25, -0.2) is 9.50 Å². The molecule has 0 amide bonds. The molecule has 1 aliphatic rings. The lowest BCUT2D eigenvalue weighted by Crippen LogP contribution is -2.34. The highest BCUT2D eigenvalue weighted by molar-refractivity contribution is 5.67. The van der Waals surface area contributed by atoms with Gasteiger partial charge in [-0.15, -0.1) is 0 Å². The van der Waals surface area contributed by atoms with Crippen molar-refractivity contribution in [2.24, 2.45) is 5.92 Å². The Morgan fingerprint density at radius 3 is 3.07 bits per heavy atom. The van der Waals surface area contributed by atoms with Crippen LogP contribution in [0.3, 0.4) is 0 Å². The van der Waals surface area contributed by atoms with Crippen LogP contribution in [0.1, 0.15) is 19.8 Å². The van der Waals surface area contributed by atoms with E-state index in [0.717, 1.165) is 17.3 Å². The number of rotatable bonds is 2. The van der Waals surface area contributed by atoms with Crippen LogP contribution in [0.2, 0.25) is 0 Å². The van der Waals surface area contributed by atoms with Gasteiger partial charge in [0.2, 0.25) is 0 Å². The fraction of sp³-hybridized carbons (Fsp3) is 0.455. The minimum absolute atomic E-state index is 0.591. The quantitative estimate of drug-likeness (QED) is 0.809. The highest BCUT2D eigenvalue weighted by Crippen LogP contribution is 2.29. The molecule has 1 saturated carbocycles. The Labute approximate surface area is 88.3 Å². The van der Waals surface area contributed by atoms with Crippen LogP contribution in [0.15, 0.2) is 24.7 Å². The van der Waals surface area contributed by atoms with E-state index in [0.29, 0.717) is 6.04 Å². The van der Waals surface area contributed by atoms with Crippen LogP contribution < -0.4 is 5.32 Å². The number of aromatic nitrogens is 3. The van der Waals surface area contributed by atoms with E-state index >= 15 is 0 Å². The summed E-state index contributed by atoms with van der Waals surface area (Å²) >= 11 is 0. The minimum Gasteiger partial charge on any atom is -0.366 e. The lowest BCUT2D eigenvalue weighted by atomic mass is 9.82. The van der Waals surface area contributed by atoms with Gasteiger partial charge in [0, 0.05) is 18.4 Å². The zero-order valence-electron chi connectivity index (χ0n) is 8.72. The molecule has 2 aromatic rings. The Hall–Kier alpha value is -1.58. The molecule has 0 spiro atoms. The Morgan fingerprint density at radius 1 is 1.40 bits per heavy atom. The van der Waals surface area contributed by atoms with Crippen molar-refractivity contribution >= 4 is 11.3 Å². The maximum Gasteiger partial charge on any atom is 0.152 e. The van der Waals surface area contributed by atoms with Crippen LogP contribution in [0.4, 0.5) is 5.82 Å². The lowest BCUT2D eigenvalue weighted by Gasteiger charge is -2.33. The van der Waals surface area contributed by atoms with Crippen LogP contribution in [0.5, 0.6) is 0 Å². The smallest absolute Gasteiger partial charge is 0.152 e. The summed E-state index contributed by atoms with van der Waals surface area (Å²) in [7, 11) is 0. The Kier molecular flexibility index (Phi) is 1.87. The van der Waals surface area contributed by atoms with E-state index in [-0.39, 0.29) is 0 Å². The van der Waals surface area contributed by atoms with E-state index in [9.17, 15) is 0 Å². The normalized spacial score (nSPS) is 25.1. The van der Waals surface area contributed by atoms with Gasteiger partial charge in [0.1, 0.15) is 5.52 Å². The van der Waals surface area contributed by atoms with Crippen LogP contribution >= 0.6 is 0 Å². The lowest BCUT2D eigenvalue weighted by molar-refractivity contribution is 0.308. The predicted octanol–water partition coefficient (Wildman–Crippen LogP) is 1.94. The number of anilines is 1. The minimum atomic E-state index is 0.591. The molecule has 0 aliphatic heterocycles. The molecule has 1 N–H and O–H groups in total. The van der Waals surface area contributed by atoms with Crippen LogP contribution in [-0.4, -0.2) is 20.6 Å². The molecule has 0 radical (unpaired) electrons. The van der Waals surface area contributed by atoms with Crippen molar-refractivity contribution in [3.63, 3.8) is 0 Å². The maximum absolute atomic E-state index is 4.35. The summed E-state index contributed by atoms with van der Waals surface area (Å²) in [5.74, 6) is 1.80. The van der Waals surface area contributed by atoms with Crippen LogP contribution in [-0.2, 0) is 0 Å². The zero-order valence-corrected chi connectivity index (χ0v) is 8.72. The summed E-state index contributed by atoms with van der Waals surface area (Å²) in [4.78, 5) is 4.35. The number of hydrogen-bond donors (Lipinski definition) is 1. The molecule has 2 heterocycles. The summed E-state index contributed by atoms with van der Waals surface area (Å²) in [6.45, 7) is 2.28. The second kappa shape index (κ2) is 3.22. The Balaban J connectivity index is 1.87. The number of nitrogens with zero attached hydrogens (tertiary/aromatic N) is 3. The van der Waals surface area contributed by atoms with Crippen molar-refractivity contribution < 1.29 is 0 Å². The monoisotopic (exact) mass is 202 g/mol. The average molecular weight is 202 g/mol. The molecular formula is C11H14N4. The fourth-order valence-electron chi connectivity index (χ4n) is 2.18. The van der Waals surface area contributed by atoms with Crippen molar-refractivity contribution in [1.82, 2.24) is 14.6 Å². The number of hydrogen-bond acceptors (Lipinski definition) is 3. The van der Waals surface area contributed by atoms with Gasteiger partial charge < -0.3 is 5.32 Å². The third-order valence-electron chi connectivity index (χ3n) is 3.04. The fourth-order valence-corrected chi connectivity index (χ4v) is 2.18. The second-order valence-corrected chi connectivity index (χ2v) is 4.35. The highest BCUT2D eigenvalue weighted by Gasteiger charge is 2.25. The van der Waals surface area contributed by atoms with Gasteiger partial charge in [-0.1, -0.05) is 6.92 Å². The summed E-state index contributed by atoms with van der Waals surface area (Å²) < 4.78 is 1.84. The van der Waals surface area contributed by atoms with Crippen LogP contribution in [0.25, 0.3) is 5.52 Å². The SMILES string of the molecule is CC1CC(Nc2nccn3nccc23)C1. The predicted molar refractivity (Wildman–Crippen MR) is 58.8 cm³/mol. The molecule has 0 saturated heterocycles. The Morgan fingerprint density at radius 2 is 2.27 bits per heavy atom. The van der Waals surface area contributed by atoms with Gasteiger partial charge in [0.15, 0.2) is 5.82 Å². The second-order valence-electron chi connectivity index (χ2n) is 4.35. The molecule has 0 aromatic carbocycles. The molecule has 2 aromatic heterocycles. The van der Waals surface area contributed by atoms with Crippen molar-refractivity contribution in [3.05, 3.63) is 24.7 Å². The van der Waals surface area contributed by atoms with Crippen LogP contribution in [0, 0.1) is 5.92 Å². The van der Waals surface area contributed by atoms with Crippen molar-refractivity contribution in [2.75, 3.05) is 5.32 Å². The van der Waals surface area contributed by atoms with E-state index in [2.05, 4.69) is 22.3 Å². The molecule has 4 heteroatoms. The van der Waals surface area contributed by atoms with Crippen molar-refractivity contribution in [1.29, 1.82) is 0 Å². The van der Waals surface area contributed by atoms with Gasteiger partial charge in [-0.2, -0.15) is 5.10 Å². The molecule has 3 rings (SSSR count). The molecule has 1 aliphatic carbocycles. The van der Waals surface area contributed by atoms with E-state index in [1.807, 2.05) is 16.8 Å².